The van der Waals surface area contributed by atoms with Gasteiger partial charge in [0.2, 0.25) is 0 Å². The van der Waals surface area contributed by atoms with E-state index in [9.17, 15) is 0 Å². The van der Waals surface area contributed by atoms with E-state index >= 15 is 0 Å². The minimum atomic E-state index is 0. The van der Waals surface area contributed by atoms with E-state index in [2.05, 4.69) is 270 Å². The molecule has 14 aromatic rings. The molecule has 370 valence electrons. The Kier molecular flexibility index (Phi) is 10.8. The minimum absolute atomic E-state index is 0. The maximum Gasteiger partial charge on any atom is 0.143 e. The summed E-state index contributed by atoms with van der Waals surface area (Å²) in [4.78, 5) is 9.93. The molecule has 2 aliphatic rings. The first-order valence-corrected chi connectivity index (χ1v) is 26.1. The number of nitrogens with zero attached hydrogens (tertiary/aromatic N) is 4. The van der Waals surface area contributed by atoms with Crippen molar-refractivity contribution in [2.24, 2.45) is 0 Å². The van der Waals surface area contributed by atoms with Gasteiger partial charge >= 0.3 is 0 Å². The van der Waals surface area contributed by atoms with Gasteiger partial charge in [-0.3, -0.25) is 0 Å². The summed E-state index contributed by atoms with van der Waals surface area (Å²) in [7, 11) is 0. The molecule has 0 fully saturated rings. The Bertz CT molecular complexity index is 4710. The van der Waals surface area contributed by atoms with Crippen LogP contribution >= 0.6 is 0 Å². The van der Waals surface area contributed by atoms with Crippen LogP contribution in [0.4, 0.5) is 22.7 Å². The van der Waals surface area contributed by atoms with Gasteiger partial charge in [0.25, 0.3) is 0 Å². The normalized spacial score (nSPS) is 12.4. The Balaban J connectivity index is 0.00000529. The fourth-order valence-corrected chi connectivity index (χ4v) is 12.4. The summed E-state index contributed by atoms with van der Waals surface area (Å²) in [5.74, 6) is 1.15. The van der Waals surface area contributed by atoms with Gasteiger partial charge in [-0.15, -0.1) is 41.9 Å². The Morgan fingerprint density at radius 1 is 0.359 bits per heavy atom. The Morgan fingerprint density at radius 2 is 0.859 bits per heavy atom. The molecule has 0 atom stereocenters. The van der Waals surface area contributed by atoms with Crippen LogP contribution in [0, 0.1) is 18.8 Å². The minimum Gasteiger partial charge on any atom is -0.509 e. The molecule has 0 N–H and O–H groups in total. The molecule has 16 rings (SSSR count). The Labute approximate surface area is 465 Å². The summed E-state index contributed by atoms with van der Waals surface area (Å²) in [5.41, 5.74) is 18.2. The molecule has 78 heavy (non-hydrogen) atoms. The van der Waals surface area contributed by atoms with Gasteiger partial charge in [-0.2, -0.15) is 12.1 Å². The summed E-state index contributed by atoms with van der Waals surface area (Å²) >= 11 is 0. The first kappa shape index (κ1) is 45.8. The molecule has 3 aromatic heterocycles. The van der Waals surface area contributed by atoms with Gasteiger partial charge in [0.15, 0.2) is 0 Å². The second kappa shape index (κ2) is 18.3. The number of aromatic nitrogens is 2. The van der Waals surface area contributed by atoms with Gasteiger partial charge < -0.3 is 18.9 Å². The summed E-state index contributed by atoms with van der Waals surface area (Å²) in [6.07, 6.45) is 1.89. The molecule has 5 nitrogen and oxygen atoms in total. The van der Waals surface area contributed by atoms with Crippen molar-refractivity contribution < 1.29 is 25.8 Å². The zero-order chi connectivity index (χ0) is 50.6. The summed E-state index contributed by atoms with van der Waals surface area (Å²) in [6, 6.07) is 96.7. The number of para-hydroxylation sites is 2. The zero-order valence-electron chi connectivity index (χ0n) is 41.8. The second-order valence-electron chi connectivity index (χ2n) is 19.8. The monoisotopic (exact) mass is 1170 g/mol. The van der Waals surface area contributed by atoms with Crippen LogP contribution in [0.5, 0.6) is 11.5 Å². The van der Waals surface area contributed by atoms with Crippen molar-refractivity contribution in [3.8, 4) is 67.1 Å². The van der Waals surface area contributed by atoms with E-state index in [0.717, 1.165) is 127 Å². The smallest absolute Gasteiger partial charge is 0.143 e. The van der Waals surface area contributed by atoms with E-state index in [0.29, 0.717) is 11.5 Å². The molecule has 6 heteroatoms. The number of pyridine rings is 1. The van der Waals surface area contributed by atoms with Gasteiger partial charge in [-0.05, 0) is 72.9 Å². The number of fused-ring (bicyclic) bond motifs is 15. The fourth-order valence-electron chi connectivity index (χ4n) is 12.4. The van der Waals surface area contributed by atoms with Crippen molar-refractivity contribution in [3.05, 3.63) is 274 Å². The molecular weight excluding hydrogens is 1130 g/mol. The third-order valence-corrected chi connectivity index (χ3v) is 15.7. The van der Waals surface area contributed by atoms with E-state index in [1.807, 2.05) is 18.3 Å². The SMILES string of the molecule is [Pt].[c-]1c(Oc2[c-]c3c(cc2)c2cccc4c5ccccc5c5ccccc5c5cccnc5n3c42)ccc2c1N1[CH-]N(c3c(-c4ccccc4)cccc3-c3ccccc3)c3ccc(-c4ccccc4)c(c31)-c1ccccc1-2. The van der Waals surface area contributed by atoms with Crippen molar-refractivity contribution in [1.82, 2.24) is 9.38 Å². The van der Waals surface area contributed by atoms with Gasteiger partial charge in [-0.1, -0.05) is 223 Å². The molecule has 0 radical (unpaired) electrons. The molecule has 5 heterocycles. The molecule has 0 saturated carbocycles. The predicted molar refractivity (Wildman–Crippen MR) is 318 cm³/mol. The van der Waals surface area contributed by atoms with Crippen LogP contribution in [0.15, 0.2) is 255 Å². The molecular formula is C72H43N4OPt-3. The van der Waals surface area contributed by atoms with Gasteiger partial charge in [0, 0.05) is 88.8 Å². The van der Waals surface area contributed by atoms with Crippen LogP contribution in [0.1, 0.15) is 0 Å². The van der Waals surface area contributed by atoms with Crippen LogP contribution in [0.2, 0.25) is 0 Å². The van der Waals surface area contributed by atoms with Crippen molar-refractivity contribution >= 4 is 82.5 Å². The topological polar surface area (TPSA) is 33.0 Å². The van der Waals surface area contributed by atoms with E-state index in [4.69, 9.17) is 9.72 Å². The third kappa shape index (κ3) is 7.02. The molecule has 11 aromatic carbocycles. The molecule has 2 aliphatic heterocycles. The Morgan fingerprint density at radius 3 is 1.54 bits per heavy atom. The van der Waals surface area contributed by atoms with Crippen molar-refractivity contribution in [2.75, 3.05) is 9.80 Å². The summed E-state index contributed by atoms with van der Waals surface area (Å²) in [6.45, 7) is 2.27. The molecule has 0 bridgehead atoms. The van der Waals surface area contributed by atoms with Crippen molar-refractivity contribution in [2.45, 2.75) is 0 Å². The predicted octanol–water partition coefficient (Wildman–Crippen LogP) is 19.1. The molecule has 0 amide bonds. The van der Waals surface area contributed by atoms with Crippen LogP contribution in [-0.4, -0.2) is 9.38 Å². The number of hydrogen-bond acceptors (Lipinski definition) is 4. The van der Waals surface area contributed by atoms with Crippen molar-refractivity contribution in [1.29, 1.82) is 0 Å². The van der Waals surface area contributed by atoms with Crippen LogP contribution < -0.4 is 14.5 Å². The van der Waals surface area contributed by atoms with Crippen LogP contribution in [-0.2, 0) is 21.1 Å². The fraction of sp³-hybridized carbons (Fsp3) is 0. The van der Waals surface area contributed by atoms with Crippen LogP contribution in [0.25, 0.3) is 115 Å². The van der Waals surface area contributed by atoms with Gasteiger partial charge in [-0.25, -0.2) is 4.98 Å². The van der Waals surface area contributed by atoms with Crippen LogP contribution in [0.3, 0.4) is 0 Å². The van der Waals surface area contributed by atoms with Gasteiger partial charge in [0.1, 0.15) is 5.65 Å². The largest absolute Gasteiger partial charge is 0.509 e. The summed E-state index contributed by atoms with van der Waals surface area (Å²) in [5, 5.41) is 8.99. The average Bonchev–Trinajstić information content (AvgIpc) is 4.19. The van der Waals surface area contributed by atoms with E-state index in [1.54, 1.807) is 0 Å². The third-order valence-electron chi connectivity index (χ3n) is 15.7. The van der Waals surface area contributed by atoms with E-state index in [-0.39, 0.29) is 21.1 Å². The molecule has 0 aliphatic carbocycles. The second-order valence-corrected chi connectivity index (χ2v) is 19.8. The zero-order valence-corrected chi connectivity index (χ0v) is 44.1. The number of anilines is 4. The van der Waals surface area contributed by atoms with E-state index in [1.165, 1.54) is 10.8 Å². The number of benzene rings is 11. The van der Waals surface area contributed by atoms with Crippen molar-refractivity contribution in [3.63, 3.8) is 0 Å². The van der Waals surface area contributed by atoms with Gasteiger partial charge in [0.05, 0.1) is 0 Å². The molecule has 0 saturated heterocycles. The maximum absolute atomic E-state index is 7.06. The number of rotatable bonds is 6. The first-order chi connectivity index (χ1) is 38.2. The average molecular weight is 1180 g/mol. The Hall–Kier alpha value is -9.54. The summed E-state index contributed by atoms with van der Waals surface area (Å²) < 4.78 is 9.36. The number of hydrogen-bond donors (Lipinski definition) is 0. The molecule has 0 spiro atoms. The first-order valence-electron chi connectivity index (χ1n) is 26.1. The quantitative estimate of drug-likeness (QED) is 0.155. The molecule has 0 unspecified atom stereocenters. The number of ether oxygens (including phenoxy) is 1. The standard InChI is InChI=1S/C72H43N4O.Pt/c1-4-19-46(20-5-1)51-40-41-65-71-68(51)61-30-15-14-29-58(61)59-38-36-49(43-66(59)75(71)45-74(65)69-52(47-21-6-2-7-22-47)31-16-32-53(69)48-23-8-3-9-24-48)77-50-37-39-60-63-34-17-33-62-56-27-12-10-25-54(56)55-26-11-13-28-57(55)64-35-18-42-73-72(64)76(70(62)63)67(60)44-50;/h1-42,45H;/q-3;. The maximum atomic E-state index is 7.06. The van der Waals surface area contributed by atoms with E-state index < -0.39 is 0 Å².